The van der Waals surface area contributed by atoms with Gasteiger partial charge in [0.15, 0.2) is 0 Å². The van der Waals surface area contributed by atoms with E-state index in [0.29, 0.717) is 17.3 Å². The van der Waals surface area contributed by atoms with E-state index in [-0.39, 0.29) is 24.1 Å². The van der Waals surface area contributed by atoms with Crippen LogP contribution in [0.3, 0.4) is 0 Å². The van der Waals surface area contributed by atoms with E-state index in [9.17, 15) is 9.59 Å². The van der Waals surface area contributed by atoms with Crippen LogP contribution < -0.4 is 10.9 Å². The van der Waals surface area contributed by atoms with Crippen LogP contribution in [0.1, 0.15) is 44.0 Å². The third-order valence-electron chi connectivity index (χ3n) is 5.75. The van der Waals surface area contributed by atoms with Crippen molar-refractivity contribution in [2.75, 3.05) is 0 Å². The van der Waals surface area contributed by atoms with Crippen LogP contribution >= 0.6 is 0 Å². The molecule has 1 N–H and O–H groups in total. The van der Waals surface area contributed by atoms with Crippen LogP contribution in [0.4, 0.5) is 0 Å². The third kappa shape index (κ3) is 3.24. The van der Waals surface area contributed by atoms with Gasteiger partial charge in [0, 0.05) is 11.4 Å². The SMILES string of the molecule is Cc1ccc2c(c1)cc1c(=O)n(CC(=O)N[C@@H]3CCCC[C@@H]3C)nc(C)n12. The van der Waals surface area contributed by atoms with Gasteiger partial charge in [-0.2, -0.15) is 5.10 Å². The van der Waals surface area contributed by atoms with E-state index in [1.807, 2.05) is 36.4 Å². The Morgan fingerprint density at radius 1 is 1.19 bits per heavy atom. The number of aryl methyl sites for hydroxylation is 2. The van der Waals surface area contributed by atoms with Gasteiger partial charge in [0.2, 0.25) is 5.91 Å². The minimum absolute atomic E-state index is 0.0417. The molecule has 0 saturated heterocycles. The molecule has 1 aliphatic carbocycles. The summed E-state index contributed by atoms with van der Waals surface area (Å²) in [6.07, 6.45) is 4.53. The summed E-state index contributed by atoms with van der Waals surface area (Å²) < 4.78 is 3.16. The fraction of sp³-hybridized carbons (Fsp3) is 0.476. The van der Waals surface area contributed by atoms with Crippen LogP contribution in [-0.4, -0.2) is 26.1 Å². The Bertz CT molecular complexity index is 1080. The predicted octanol–water partition coefficient (Wildman–Crippen LogP) is 2.96. The van der Waals surface area contributed by atoms with Crippen LogP contribution in [0.5, 0.6) is 0 Å². The molecule has 27 heavy (non-hydrogen) atoms. The van der Waals surface area contributed by atoms with Crippen LogP contribution in [0, 0.1) is 19.8 Å². The Morgan fingerprint density at radius 3 is 2.74 bits per heavy atom. The molecule has 0 bridgehead atoms. The lowest BCUT2D eigenvalue weighted by Crippen LogP contribution is -2.44. The first-order chi connectivity index (χ1) is 12.9. The number of amides is 1. The van der Waals surface area contributed by atoms with Gasteiger partial charge in [-0.1, -0.05) is 31.4 Å². The van der Waals surface area contributed by atoms with Crippen molar-refractivity contribution < 1.29 is 4.79 Å². The van der Waals surface area contributed by atoms with E-state index in [1.165, 1.54) is 11.1 Å². The summed E-state index contributed by atoms with van der Waals surface area (Å²) in [7, 11) is 0. The summed E-state index contributed by atoms with van der Waals surface area (Å²) in [5, 5.41) is 8.51. The van der Waals surface area contributed by atoms with Crippen molar-refractivity contribution in [1.29, 1.82) is 0 Å². The van der Waals surface area contributed by atoms with Crippen molar-refractivity contribution in [3.8, 4) is 0 Å². The summed E-state index contributed by atoms with van der Waals surface area (Å²) in [5.74, 6) is 1.04. The van der Waals surface area contributed by atoms with Crippen molar-refractivity contribution in [2.45, 2.75) is 59.0 Å². The number of hydrogen-bond acceptors (Lipinski definition) is 3. The number of nitrogens with zero attached hydrogens (tertiary/aromatic N) is 3. The van der Waals surface area contributed by atoms with Crippen molar-refractivity contribution >= 4 is 22.3 Å². The summed E-state index contributed by atoms with van der Waals surface area (Å²) in [6.45, 7) is 6.03. The highest BCUT2D eigenvalue weighted by molar-refractivity contribution is 5.87. The first-order valence-electron chi connectivity index (χ1n) is 9.73. The number of aromatic nitrogens is 3. The standard InChI is InChI=1S/C21H26N4O2/c1-13-8-9-18-16(10-13)11-19-21(27)24(23-15(3)25(18)19)12-20(26)22-17-7-5-4-6-14(17)2/h8-11,14,17H,4-7,12H2,1-3H3,(H,22,26)/t14-,17+/m0/s1. The van der Waals surface area contributed by atoms with Crippen molar-refractivity contribution in [2.24, 2.45) is 5.92 Å². The fourth-order valence-electron chi connectivity index (χ4n) is 4.26. The number of carbonyl (C=O) groups is 1. The predicted molar refractivity (Wildman–Crippen MR) is 106 cm³/mol. The summed E-state index contributed by atoms with van der Waals surface area (Å²) in [6, 6.07) is 8.18. The van der Waals surface area contributed by atoms with E-state index >= 15 is 0 Å². The topological polar surface area (TPSA) is 68.4 Å². The zero-order valence-electron chi connectivity index (χ0n) is 16.2. The van der Waals surface area contributed by atoms with Gasteiger partial charge in [0.1, 0.15) is 17.9 Å². The normalized spacial score (nSPS) is 20.3. The first-order valence-corrected chi connectivity index (χ1v) is 9.73. The molecule has 1 aromatic carbocycles. The van der Waals surface area contributed by atoms with Gasteiger partial charge in [0.25, 0.3) is 5.56 Å². The minimum atomic E-state index is -0.235. The lowest BCUT2D eigenvalue weighted by atomic mass is 9.86. The first kappa shape index (κ1) is 17.8. The molecule has 1 fully saturated rings. The molecule has 6 nitrogen and oxygen atoms in total. The smallest absolute Gasteiger partial charge is 0.291 e. The Morgan fingerprint density at radius 2 is 1.96 bits per heavy atom. The average molecular weight is 366 g/mol. The van der Waals surface area contributed by atoms with Gasteiger partial charge in [-0.3, -0.25) is 14.0 Å². The maximum Gasteiger partial charge on any atom is 0.291 e. The van der Waals surface area contributed by atoms with Crippen LogP contribution in [0.25, 0.3) is 16.4 Å². The zero-order chi connectivity index (χ0) is 19.1. The maximum absolute atomic E-state index is 12.9. The maximum atomic E-state index is 12.9. The molecule has 4 rings (SSSR count). The molecule has 0 aliphatic heterocycles. The van der Waals surface area contributed by atoms with Crippen LogP contribution in [0.15, 0.2) is 29.1 Å². The molecule has 6 heteroatoms. The highest BCUT2D eigenvalue weighted by atomic mass is 16.2. The summed E-state index contributed by atoms with van der Waals surface area (Å²) in [4.78, 5) is 25.5. The van der Waals surface area contributed by atoms with E-state index < -0.39 is 0 Å². The van der Waals surface area contributed by atoms with E-state index in [4.69, 9.17) is 0 Å². The average Bonchev–Trinajstić information content (AvgIpc) is 3.00. The second kappa shape index (κ2) is 6.83. The largest absolute Gasteiger partial charge is 0.351 e. The van der Waals surface area contributed by atoms with Crippen LogP contribution in [-0.2, 0) is 11.3 Å². The number of benzene rings is 1. The molecule has 142 valence electrons. The molecule has 3 aromatic rings. The minimum Gasteiger partial charge on any atom is -0.351 e. The Kier molecular flexibility index (Phi) is 4.50. The van der Waals surface area contributed by atoms with Gasteiger partial charge < -0.3 is 5.32 Å². The Labute approximate surface area is 158 Å². The van der Waals surface area contributed by atoms with Crippen molar-refractivity contribution in [1.82, 2.24) is 19.5 Å². The Balaban J connectivity index is 1.66. The molecule has 1 amide bonds. The third-order valence-corrected chi connectivity index (χ3v) is 5.75. The van der Waals surface area contributed by atoms with Crippen molar-refractivity contribution in [3.63, 3.8) is 0 Å². The Hall–Kier alpha value is -2.63. The highest BCUT2D eigenvalue weighted by Gasteiger charge is 2.23. The quantitative estimate of drug-likeness (QED) is 0.775. The van der Waals surface area contributed by atoms with Gasteiger partial charge >= 0.3 is 0 Å². The van der Waals surface area contributed by atoms with E-state index in [1.54, 1.807) is 0 Å². The van der Waals surface area contributed by atoms with Gasteiger partial charge in [-0.05, 0) is 50.8 Å². The molecule has 1 aliphatic rings. The molecule has 2 aromatic heterocycles. The fourth-order valence-corrected chi connectivity index (χ4v) is 4.26. The number of carbonyl (C=O) groups excluding carboxylic acids is 1. The molecular formula is C21H26N4O2. The molecule has 1 saturated carbocycles. The monoisotopic (exact) mass is 366 g/mol. The second-order valence-corrected chi connectivity index (χ2v) is 7.87. The van der Waals surface area contributed by atoms with Gasteiger partial charge in [-0.25, -0.2) is 4.68 Å². The summed E-state index contributed by atoms with van der Waals surface area (Å²) in [5.41, 5.74) is 2.43. The van der Waals surface area contributed by atoms with Crippen LogP contribution in [0.2, 0.25) is 0 Å². The number of fused-ring (bicyclic) bond motifs is 3. The molecule has 0 radical (unpaired) electrons. The van der Waals surface area contributed by atoms with E-state index in [0.717, 1.165) is 35.7 Å². The molecular weight excluding hydrogens is 340 g/mol. The van der Waals surface area contributed by atoms with Gasteiger partial charge in [0.05, 0.1) is 5.52 Å². The molecule has 2 atom stereocenters. The number of rotatable bonds is 3. The second-order valence-electron chi connectivity index (χ2n) is 7.87. The van der Waals surface area contributed by atoms with Crippen molar-refractivity contribution in [3.05, 3.63) is 46.0 Å². The molecule has 2 heterocycles. The van der Waals surface area contributed by atoms with E-state index in [2.05, 4.69) is 23.4 Å². The lowest BCUT2D eigenvalue weighted by Gasteiger charge is -2.29. The number of nitrogens with one attached hydrogen (secondary N) is 1. The lowest BCUT2D eigenvalue weighted by molar-refractivity contribution is -0.123. The number of hydrogen-bond donors (Lipinski definition) is 1. The van der Waals surface area contributed by atoms with Gasteiger partial charge in [-0.15, -0.1) is 0 Å². The molecule has 0 spiro atoms. The zero-order valence-corrected chi connectivity index (χ0v) is 16.2. The highest BCUT2D eigenvalue weighted by Crippen LogP contribution is 2.24. The summed E-state index contributed by atoms with van der Waals surface area (Å²) >= 11 is 0. The molecule has 0 unspecified atom stereocenters.